The molecule has 0 unspecified atom stereocenters. The first-order valence-electron chi connectivity index (χ1n) is 7.16. The molecule has 3 aromatic rings. The number of nitrogens with zero attached hydrogens (tertiary/aromatic N) is 1. The molecule has 0 radical (unpaired) electrons. The summed E-state index contributed by atoms with van der Waals surface area (Å²) in [6.07, 6.45) is 1.77. The highest BCUT2D eigenvalue weighted by Gasteiger charge is 2.09. The number of hydrogen-bond donors (Lipinski definition) is 1. The van der Waals surface area contributed by atoms with Crippen molar-refractivity contribution < 1.29 is 4.79 Å². The molecule has 0 aliphatic heterocycles. The van der Waals surface area contributed by atoms with E-state index in [-0.39, 0.29) is 5.91 Å². The number of amides is 1. The first kappa shape index (κ1) is 15.8. The summed E-state index contributed by atoms with van der Waals surface area (Å²) in [4.78, 5) is 17.6. The SMILES string of the molecule is Cc1c(Cl)cccc1NC(=O)CSc1ccnc2ccccc12. The topological polar surface area (TPSA) is 42.0 Å². The molecule has 0 aliphatic rings. The molecule has 3 nitrogen and oxygen atoms in total. The zero-order valence-electron chi connectivity index (χ0n) is 12.5. The van der Waals surface area contributed by atoms with E-state index in [2.05, 4.69) is 10.3 Å². The van der Waals surface area contributed by atoms with Crippen LogP contribution in [0.2, 0.25) is 5.02 Å². The van der Waals surface area contributed by atoms with Gasteiger partial charge in [-0.3, -0.25) is 9.78 Å². The average molecular weight is 343 g/mol. The maximum absolute atomic E-state index is 12.2. The van der Waals surface area contributed by atoms with Crippen LogP contribution in [0.1, 0.15) is 5.56 Å². The van der Waals surface area contributed by atoms with E-state index in [1.807, 2.05) is 55.5 Å². The molecule has 0 spiro atoms. The zero-order valence-corrected chi connectivity index (χ0v) is 14.1. The predicted molar refractivity (Wildman–Crippen MR) is 97.3 cm³/mol. The summed E-state index contributed by atoms with van der Waals surface area (Å²) >= 11 is 7.57. The lowest BCUT2D eigenvalue weighted by molar-refractivity contribution is -0.113. The molecule has 0 fully saturated rings. The average Bonchev–Trinajstić information content (AvgIpc) is 2.57. The number of hydrogen-bond acceptors (Lipinski definition) is 3. The summed E-state index contributed by atoms with van der Waals surface area (Å²) in [5, 5.41) is 4.62. The maximum Gasteiger partial charge on any atom is 0.234 e. The van der Waals surface area contributed by atoms with Crippen LogP contribution in [0.3, 0.4) is 0 Å². The van der Waals surface area contributed by atoms with Crippen molar-refractivity contribution in [3.05, 3.63) is 65.3 Å². The Morgan fingerprint density at radius 2 is 2.00 bits per heavy atom. The highest BCUT2D eigenvalue weighted by Crippen LogP contribution is 2.27. The third kappa shape index (κ3) is 3.66. The van der Waals surface area contributed by atoms with Gasteiger partial charge in [0, 0.05) is 27.2 Å². The molecule has 116 valence electrons. The molecule has 1 N–H and O–H groups in total. The van der Waals surface area contributed by atoms with Crippen molar-refractivity contribution in [2.45, 2.75) is 11.8 Å². The van der Waals surface area contributed by atoms with Crippen LogP contribution < -0.4 is 5.32 Å². The summed E-state index contributed by atoms with van der Waals surface area (Å²) in [5.41, 5.74) is 2.56. The molecule has 1 aromatic heterocycles. The van der Waals surface area contributed by atoms with Gasteiger partial charge in [0.05, 0.1) is 11.3 Å². The Morgan fingerprint density at radius 3 is 2.87 bits per heavy atom. The third-order valence-electron chi connectivity index (χ3n) is 3.51. The Balaban J connectivity index is 1.70. The fraction of sp³-hybridized carbons (Fsp3) is 0.111. The van der Waals surface area contributed by atoms with Gasteiger partial charge in [-0.1, -0.05) is 35.9 Å². The Labute approximate surface area is 144 Å². The number of thioether (sulfide) groups is 1. The second-order valence-electron chi connectivity index (χ2n) is 5.08. The molecule has 0 saturated carbocycles. The quantitative estimate of drug-likeness (QED) is 0.684. The molecule has 0 bridgehead atoms. The monoisotopic (exact) mass is 342 g/mol. The second kappa shape index (κ2) is 7.02. The Morgan fingerprint density at radius 1 is 1.17 bits per heavy atom. The van der Waals surface area contributed by atoms with E-state index in [0.29, 0.717) is 10.8 Å². The molecule has 0 aliphatic carbocycles. The van der Waals surface area contributed by atoms with Gasteiger partial charge in [-0.2, -0.15) is 0 Å². The van der Waals surface area contributed by atoms with E-state index in [1.165, 1.54) is 11.8 Å². The maximum atomic E-state index is 12.2. The van der Waals surface area contributed by atoms with Gasteiger partial charge in [0.2, 0.25) is 5.91 Å². The molecule has 0 saturated heterocycles. The van der Waals surface area contributed by atoms with Crippen LogP contribution in [0, 0.1) is 6.92 Å². The van der Waals surface area contributed by atoms with E-state index in [9.17, 15) is 4.79 Å². The summed E-state index contributed by atoms with van der Waals surface area (Å²) < 4.78 is 0. The van der Waals surface area contributed by atoms with Gasteiger partial charge in [-0.05, 0) is 36.8 Å². The van der Waals surface area contributed by atoms with E-state index in [4.69, 9.17) is 11.6 Å². The van der Waals surface area contributed by atoms with Crippen LogP contribution in [0.5, 0.6) is 0 Å². The molecular formula is C18H15ClN2OS. The Bertz CT molecular complexity index is 861. The van der Waals surface area contributed by atoms with E-state index >= 15 is 0 Å². The van der Waals surface area contributed by atoms with Gasteiger partial charge in [-0.25, -0.2) is 0 Å². The number of halogens is 1. The van der Waals surface area contributed by atoms with Gasteiger partial charge in [0.1, 0.15) is 0 Å². The number of carbonyl (C=O) groups excluding carboxylic acids is 1. The number of fused-ring (bicyclic) bond motifs is 1. The van der Waals surface area contributed by atoms with Crippen molar-refractivity contribution in [1.82, 2.24) is 4.98 Å². The third-order valence-corrected chi connectivity index (χ3v) is 4.99. The van der Waals surface area contributed by atoms with Gasteiger partial charge in [-0.15, -0.1) is 11.8 Å². The molecule has 3 rings (SSSR count). The fourth-order valence-corrected chi connectivity index (χ4v) is 3.29. The normalized spacial score (nSPS) is 10.7. The summed E-state index contributed by atoms with van der Waals surface area (Å²) in [7, 11) is 0. The molecular weight excluding hydrogens is 328 g/mol. The molecule has 1 heterocycles. The standard InChI is InChI=1S/C18H15ClN2OS/c1-12-14(19)6-4-8-15(12)21-18(22)11-23-17-9-10-20-16-7-3-2-5-13(16)17/h2-10H,11H2,1H3,(H,21,22). The highest BCUT2D eigenvalue weighted by atomic mass is 35.5. The van der Waals surface area contributed by atoms with Gasteiger partial charge < -0.3 is 5.32 Å². The summed E-state index contributed by atoms with van der Waals surface area (Å²) in [6, 6.07) is 15.3. The predicted octanol–water partition coefficient (Wildman–Crippen LogP) is 4.93. The van der Waals surface area contributed by atoms with Crippen molar-refractivity contribution in [2.75, 3.05) is 11.1 Å². The number of para-hydroxylation sites is 1. The lowest BCUT2D eigenvalue weighted by Gasteiger charge is -2.10. The molecule has 23 heavy (non-hydrogen) atoms. The summed E-state index contributed by atoms with van der Waals surface area (Å²) in [5.74, 6) is 0.279. The van der Waals surface area contributed by atoms with Gasteiger partial charge in [0.25, 0.3) is 0 Å². The van der Waals surface area contributed by atoms with E-state index < -0.39 is 0 Å². The van der Waals surface area contributed by atoms with Crippen LogP contribution in [-0.4, -0.2) is 16.6 Å². The molecule has 0 atom stereocenters. The van der Waals surface area contributed by atoms with Crippen molar-refractivity contribution in [1.29, 1.82) is 0 Å². The van der Waals surface area contributed by atoms with Crippen molar-refractivity contribution in [3.8, 4) is 0 Å². The van der Waals surface area contributed by atoms with Crippen LogP contribution in [0.4, 0.5) is 5.69 Å². The van der Waals surface area contributed by atoms with Crippen LogP contribution in [-0.2, 0) is 4.79 Å². The number of nitrogens with one attached hydrogen (secondary N) is 1. The molecule has 5 heteroatoms. The largest absolute Gasteiger partial charge is 0.325 e. The number of aromatic nitrogens is 1. The van der Waals surface area contributed by atoms with Crippen LogP contribution in [0.25, 0.3) is 10.9 Å². The number of carbonyl (C=O) groups is 1. The lowest BCUT2D eigenvalue weighted by Crippen LogP contribution is -2.14. The lowest BCUT2D eigenvalue weighted by atomic mass is 10.2. The smallest absolute Gasteiger partial charge is 0.234 e. The molecule has 1 amide bonds. The first-order chi connectivity index (χ1) is 11.1. The Kier molecular flexibility index (Phi) is 4.84. The number of rotatable bonds is 4. The Hall–Kier alpha value is -2.04. The summed E-state index contributed by atoms with van der Waals surface area (Å²) in [6.45, 7) is 1.89. The number of pyridine rings is 1. The minimum Gasteiger partial charge on any atom is -0.325 e. The van der Waals surface area contributed by atoms with Crippen molar-refractivity contribution in [2.24, 2.45) is 0 Å². The van der Waals surface area contributed by atoms with Gasteiger partial charge >= 0.3 is 0 Å². The van der Waals surface area contributed by atoms with Crippen LogP contribution in [0.15, 0.2) is 59.6 Å². The zero-order chi connectivity index (χ0) is 16.2. The fourth-order valence-electron chi connectivity index (χ4n) is 2.27. The van der Waals surface area contributed by atoms with Crippen molar-refractivity contribution in [3.63, 3.8) is 0 Å². The minimum absolute atomic E-state index is 0.0544. The first-order valence-corrected chi connectivity index (χ1v) is 8.53. The van der Waals surface area contributed by atoms with E-state index in [0.717, 1.165) is 27.0 Å². The minimum atomic E-state index is -0.0544. The number of benzene rings is 2. The van der Waals surface area contributed by atoms with Gasteiger partial charge in [0.15, 0.2) is 0 Å². The van der Waals surface area contributed by atoms with Crippen molar-refractivity contribution >= 4 is 45.9 Å². The molecule has 2 aromatic carbocycles. The van der Waals surface area contributed by atoms with E-state index in [1.54, 1.807) is 6.20 Å². The van der Waals surface area contributed by atoms with Crippen LogP contribution >= 0.6 is 23.4 Å². The second-order valence-corrected chi connectivity index (χ2v) is 6.50. The highest BCUT2D eigenvalue weighted by molar-refractivity contribution is 8.00. The number of anilines is 1.